The van der Waals surface area contributed by atoms with Crippen molar-refractivity contribution >= 4 is 11.5 Å². The van der Waals surface area contributed by atoms with Crippen LogP contribution in [-0.4, -0.2) is 24.5 Å². The van der Waals surface area contributed by atoms with Crippen molar-refractivity contribution < 1.29 is 4.74 Å². The van der Waals surface area contributed by atoms with E-state index in [0.29, 0.717) is 6.61 Å². The van der Waals surface area contributed by atoms with Crippen LogP contribution in [-0.2, 0) is 11.3 Å². The average molecular weight is 357 g/mol. The second kappa shape index (κ2) is 7.70. The van der Waals surface area contributed by atoms with E-state index in [9.17, 15) is 0 Å². The van der Waals surface area contributed by atoms with Crippen molar-refractivity contribution in [1.82, 2.24) is 24.5 Å². The molecule has 134 valence electrons. The first-order chi connectivity index (χ1) is 13.3. The van der Waals surface area contributed by atoms with Crippen LogP contribution in [0.1, 0.15) is 18.2 Å². The van der Waals surface area contributed by atoms with Crippen LogP contribution in [0.15, 0.2) is 85.6 Å². The summed E-state index contributed by atoms with van der Waals surface area (Å²) in [6.45, 7) is 2.33. The third kappa shape index (κ3) is 3.79. The highest BCUT2D eigenvalue weighted by Crippen LogP contribution is 2.24. The Hall–Kier alpha value is -3.67. The number of allylic oxidation sites excluding steroid dienone is 1. The molecule has 4 rings (SSSR count). The second-order valence-corrected chi connectivity index (χ2v) is 6.03. The SMILES string of the molecule is C/C(=C(/OCc1cn(-c2ccccc2)nn1)c1ccccc1)n1ccnc1. The first kappa shape index (κ1) is 16.8. The fraction of sp³-hybridized carbons (Fsp3) is 0.0952. The average Bonchev–Trinajstić information content (AvgIpc) is 3.42. The lowest BCUT2D eigenvalue weighted by Gasteiger charge is -2.14. The largest absolute Gasteiger partial charge is 0.485 e. The van der Waals surface area contributed by atoms with Gasteiger partial charge in [-0.2, -0.15) is 0 Å². The van der Waals surface area contributed by atoms with Gasteiger partial charge in [0.1, 0.15) is 18.1 Å². The summed E-state index contributed by atoms with van der Waals surface area (Å²) in [5, 5.41) is 8.41. The summed E-state index contributed by atoms with van der Waals surface area (Å²) in [5.41, 5.74) is 3.67. The molecule has 0 aliphatic rings. The minimum absolute atomic E-state index is 0.323. The normalized spacial score (nSPS) is 11.9. The number of imidazole rings is 1. The first-order valence-electron chi connectivity index (χ1n) is 8.65. The first-order valence-corrected chi connectivity index (χ1v) is 8.65. The van der Waals surface area contributed by atoms with Crippen molar-refractivity contribution in [1.29, 1.82) is 0 Å². The summed E-state index contributed by atoms with van der Waals surface area (Å²) < 4.78 is 9.84. The van der Waals surface area contributed by atoms with Crippen molar-refractivity contribution in [3.63, 3.8) is 0 Å². The molecular weight excluding hydrogens is 338 g/mol. The number of ether oxygens (including phenoxy) is 1. The van der Waals surface area contributed by atoms with Gasteiger partial charge in [-0.3, -0.25) is 0 Å². The second-order valence-electron chi connectivity index (χ2n) is 6.03. The van der Waals surface area contributed by atoms with Gasteiger partial charge in [0.2, 0.25) is 0 Å². The Morgan fingerprint density at radius 1 is 1.00 bits per heavy atom. The molecule has 2 heterocycles. The summed E-state index contributed by atoms with van der Waals surface area (Å²) in [5.74, 6) is 0.780. The highest BCUT2D eigenvalue weighted by molar-refractivity contribution is 5.77. The molecule has 0 atom stereocenters. The van der Waals surface area contributed by atoms with Crippen LogP contribution in [0.3, 0.4) is 0 Å². The molecule has 2 aromatic carbocycles. The van der Waals surface area contributed by atoms with Crippen molar-refractivity contribution in [3.8, 4) is 5.69 Å². The molecule has 0 aliphatic carbocycles. The molecule has 0 amide bonds. The quantitative estimate of drug-likeness (QED) is 0.489. The predicted molar refractivity (Wildman–Crippen MR) is 104 cm³/mol. The molecule has 0 bridgehead atoms. The number of para-hydroxylation sites is 1. The van der Waals surface area contributed by atoms with Gasteiger partial charge in [-0.25, -0.2) is 9.67 Å². The molecule has 0 spiro atoms. The maximum absolute atomic E-state index is 6.16. The molecule has 0 saturated carbocycles. The molecule has 0 N–H and O–H groups in total. The van der Waals surface area contributed by atoms with E-state index in [4.69, 9.17) is 4.74 Å². The lowest BCUT2D eigenvalue weighted by Crippen LogP contribution is -2.01. The molecule has 0 aliphatic heterocycles. The topological polar surface area (TPSA) is 57.8 Å². The summed E-state index contributed by atoms with van der Waals surface area (Å²) >= 11 is 0. The lowest BCUT2D eigenvalue weighted by atomic mass is 10.1. The maximum atomic E-state index is 6.16. The Kier molecular flexibility index (Phi) is 4.78. The minimum Gasteiger partial charge on any atom is -0.485 e. The Balaban J connectivity index is 1.58. The molecule has 0 unspecified atom stereocenters. The van der Waals surface area contributed by atoms with Gasteiger partial charge in [0.05, 0.1) is 23.9 Å². The highest BCUT2D eigenvalue weighted by atomic mass is 16.5. The molecule has 6 nitrogen and oxygen atoms in total. The number of aromatic nitrogens is 5. The van der Waals surface area contributed by atoms with Gasteiger partial charge in [-0.05, 0) is 19.1 Å². The lowest BCUT2D eigenvalue weighted by molar-refractivity contribution is 0.260. The van der Waals surface area contributed by atoms with Crippen molar-refractivity contribution in [3.05, 3.63) is 96.8 Å². The zero-order valence-corrected chi connectivity index (χ0v) is 14.9. The monoisotopic (exact) mass is 357 g/mol. The number of hydrogen-bond donors (Lipinski definition) is 0. The van der Waals surface area contributed by atoms with E-state index >= 15 is 0 Å². The Bertz CT molecular complexity index is 1020. The van der Waals surface area contributed by atoms with E-state index < -0.39 is 0 Å². The van der Waals surface area contributed by atoms with Gasteiger partial charge in [0, 0.05) is 18.0 Å². The van der Waals surface area contributed by atoms with Crippen LogP contribution in [0, 0.1) is 0 Å². The van der Waals surface area contributed by atoms with E-state index in [1.54, 1.807) is 17.2 Å². The standard InChI is InChI=1S/C21H19N5O/c1-17(25-13-12-22-16-25)21(18-8-4-2-5-9-18)27-15-19-14-26(24-23-19)20-10-6-3-7-11-20/h2-14,16H,15H2,1H3/b21-17-. The Morgan fingerprint density at radius 2 is 1.74 bits per heavy atom. The predicted octanol–water partition coefficient (Wildman–Crippen LogP) is 4.03. The van der Waals surface area contributed by atoms with Gasteiger partial charge in [-0.1, -0.05) is 53.7 Å². The third-order valence-corrected chi connectivity index (χ3v) is 4.18. The summed E-state index contributed by atoms with van der Waals surface area (Å²) in [4.78, 5) is 4.12. The van der Waals surface area contributed by atoms with Gasteiger partial charge in [0.15, 0.2) is 0 Å². The highest BCUT2D eigenvalue weighted by Gasteiger charge is 2.11. The molecule has 2 aromatic heterocycles. The minimum atomic E-state index is 0.323. The van der Waals surface area contributed by atoms with Crippen LogP contribution in [0.4, 0.5) is 0 Å². The van der Waals surface area contributed by atoms with Gasteiger partial charge in [0.25, 0.3) is 0 Å². The molecule has 4 aromatic rings. The van der Waals surface area contributed by atoms with Crippen molar-refractivity contribution in [2.45, 2.75) is 13.5 Å². The molecular formula is C21H19N5O. The number of hydrogen-bond acceptors (Lipinski definition) is 4. The van der Waals surface area contributed by atoms with Crippen LogP contribution in [0.2, 0.25) is 0 Å². The summed E-state index contributed by atoms with van der Waals surface area (Å²) in [6, 6.07) is 19.9. The van der Waals surface area contributed by atoms with E-state index in [1.807, 2.05) is 84.5 Å². The number of benzene rings is 2. The van der Waals surface area contributed by atoms with E-state index in [2.05, 4.69) is 15.3 Å². The molecule has 27 heavy (non-hydrogen) atoms. The smallest absolute Gasteiger partial charge is 0.146 e. The fourth-order valence-corrected chi connectivity index (χ4v) is 2.78. The van der Waals surface area contributed by atoms with Gasteiger partial charge >= 0.3 is 0 Å². The zero-order chi connectivity index (χ0) is 18.5. The van der Waals surface area contributed by atoms with E-state index in [1.165, 1.54) is 0 Å². The molecule has 6 heteroatoms. The summed E-state index contributed by atoms with van der Waals surface area (Å²) in [6.07, 6.45) is 7.28. The third-order valence-electron chi connectivity index (χ3n) is 4.18. The van der Waals surface area contributed by atoms with Gasteiger partial charge in [-0.15, -0.1) is 5.10 Å². The Labute approximate surface area is 157 Å². The van der Waals surface area contributed by atoms with Crippen molar-refractivity contribution in [2.75, 3.05) is 0 Å². The van der Waals surface area contributed by atoms with Crippen LogP contribution in [0.5, 0.6) is 0 Å². The summed E-state index contributed by atoms with van der Waals surface area (Å²) in [7, 11) is 0. The van der Waals surface area contributed by atoms with E-state index in [-0.39, 0.29) is 0 Å². The van der Waals surface area contributed by atoms with Gasteiger partial charge < -0.3 is 9.30 Å². The molecule has 0 fully saturated rings. The van der Waals surface area contributed by atoms with E-state index in [0.717, 1.165) is 28.4 Å². The fourth-order valence-electron chi connectivity index (χ4n) is 2.78. The van der Waals surface area contributed by atoms with Crippen LogP contribution in [0.25, 0.3) is 17.1 Å². The number of nitrogens with zero attached hydrogens (tertiary/aromatic N) is 5. The van der Waals surface area contributed by atoms with Crippen molar-refractivity contribution in [2.24, 2.45) is 0 Å². The zero-order valence-electron chi connectivity index (χ0n) is 14.9. The van der Waals surface area contributed by atoms with Crippen LogP contribution >= 0.6 is 0 Å². The Morgan fingerprint density at radius 3 is 2.44 bits per heavy atom. The van der Waals surface area contributed by atoms with Crippen LogP contribution < -0.4 is 0 Å². The molecule has 0 saturated heterocycles. The molecule has 0 radical (unpaired) electrons. The number of rotatable bonds is 6. The maximum Gasteiger partial charge on any atom is 0.146 e.